The summed E-state index contributed by atoms with van der Waals surface area (Å²) in [6.45, 7) is 15.4. The summed E-state index contributed by atoms with van der Waals surface area (Å²) >= 11 is 0. The first-order valence-electron chi connectivity index (χ1n) is 23.0. The van der Waals surface area contributed by atoms with Crippen LogP contribution in [-0.4, -0.2) is 82.7 Å². The van der Waals surface area contributed by atoms with Gasteiger partial charge in [-0.1, -0.05) is 155 Å². The summed E-state index contributed by atoms with van der Waals surface area (Å²) in [5, 5.41) is 2.67. The summed E-state index contributed by atoms with van der Waals surface area (Å²) in [6.07, 6.45) is 31.8. The number of nitrogens with one attached hydrogen (secondary N) is 1. The van der Waals surface area contributed by atoms with Crippen LogP contribution in [0.4, 0.5) is 4.79 Å². The largest absolute Gasteiger partial charge is 0.466 e. The summed E-state index contributed by atoms with van der Waals surface area (Å²) in [5.41, 5.74) is -0.662. The van der Waals surface area contributed by atoms with Crippen molar-refractivity contribution < 1.29 is 38.0 Å². The maximum absolute atomic E-state index is 12.5. The third-order valence-electron chi connectivity index (χ3n) is 10.5. The van der Waals surface area contributed by atoms with Gasteiger partial charge in [-0.2, -0.15) is 0 Å². The molecule has 55 heavy (non-hydrogen) atoms. The molecule has 0 heterocycles. The van der Waals surface area contributed by atoms with E-state index in [1.165, 1.54) is 135 Å². The maximum atomic E-state index is 12.5. The van der Waals surface area contributed by atoms with Gasteiger partial charge in [0.1, 0.15) is 12.7 Å². The number of rotatable bonds is 42. The number of esters is 1. The van der Waals surface area contributed by atoms with Crippen molar-refractivity contribution in [1.82, 2.24) is 5.32 Å². The number of carbonyl (C=O) groups is 2. The SMILES string of the molecule is CCCCCCCCCCCCCCOC[C@@H](COC(=O)NCCC(=O)OCCC(C)(C)OCCC(C)(C)OC)OCCCCCCCCCCCCCC. The minimum atomic E-state index is -0.568. The normalized spacial score (nSPS) is 12.6. The van der Waals surface area contributed by atoms with Crippen molar-refractivity contribution in [3.8, 4) is 0 Å². The average Bonchev–Trinajstić information content (AvgIpc) is 3.15. The molecule has 0 aliphatic carbocycles. The van der Waals surface area contributed by atoms with Gasteiger partial charge in [-0.25, -0.2) is 4.79 Å². The Morgan fingerprint density at radius 1 is 0.527 bits per heavy atom. The Balaban J connectivity index is 4.32. The first kappa shape index (κ1) is 53.6. The van der Waals surface area contributed by atoms with Crippen molar-refractivity contribution in [3.05, 3.63) is 0 Å². The Bertz CT molecular complexity index is 852. The van der Waals surface area contributed by atoms with Crippen LogP contribution in [-0.2, 0) is 33.2 Å². The first-order valence-corrected chi connectivity index (χ1v) is 23.0. The molecule has 0 aromatic heterocycles. The van der Waals surface area contributed by atoms with Gasteiger partial charge in [-0.15, -0.1) is 0 Å². The zero-order valence-electron chi connectivity index (χ0n) is 37.4. The van der Waals surface area contributed by atoms with E-state index < -0.39 is 11.7 Å². The number of hydrogen-bond donors (Lipinski definition) is 1. The van der Waals surface area contributed by atoms with E-state index in [0.717, 1.165) is 25.7 Å². The lowest BCUT2D eigenvalue weighted by molar-refractivity contribution is -0.145. The van der Waals surface area contributed by atoms with Gasteiger partial charge < -0.3 is 33.7 Å². The first-order chi connectivity index (χ1) is 26.5. The second-order valence-electron chi connectivity index (χ2n) is 16.9. The minimum absolute atomic E-state index is 0.0689. The van der Waals surface area contributed by atoms with Crippen molar-refractivity contribution in [2.75, 3.05) is 53.3 Å². The summed E-state index contributed by atoms with van der Waals surface area (Å²) < 4.78 is 34.4. The van der Waals surface area contributed by atoms with Crippen LogP contribution in [0.25, 0.3) is 0 Å². The van der Waals surface area contributed by atoms with Crippen LogP contribution in [0.3, 0.4) is 0 Å². The second-order valence-corrected chi connectivity index (χ2v) is 16.9. The fourth-order valence-corrected chi connectivity index (χ4v) is 6.31. The maximum Gasteiger partial charge on any atom is 0.407 e. The van der Waals surface area contributed by atoms with E-state index >= 15 is 0 Å². The number of carbonyl (C=O) groups excluding carboxylic acids is 2. The third-order valence-corrected chi connectivity index (χ3v) is 10.5. The molecule has 0 aliphatic rings. The van der Waals surface area contributed by atoms with Crippen LogP contribution in [0.5, 0.6) is 0 Å². The van der Waals surface area contributed by atoms with E-state index in [0.29, 0.717) is 32.8 Å². The highest BCUT2D eigenvalue weighted by Crippen LogP contribution is 2.19. The molecule has 1 atom stereocenters. The molecule has 0 saturated heterocycles. The van der Waals surface area contributed by atoms with Gasteiger partial charge >= 0.3 is 12.1 Å². The van der Waals surface area contributed by atoms with E-state index in [4.69, 9.17) is 28.4 Å². The monoisotopic (exact) mass is 786 g/mol. The summed E-state index contributed by atoms with van der Waals surface area (Å²) in [4.78, 5) is 24.7. The van der Waals surface area contributed by atoms with Gasteiger partial charge in [0, 0.05) is 33.3 Å². The molecule has 0 fully saturated rings. The quantitative estimate of drug-likeness (QED) is 0.0482. The van der Waals surface area contributed by atoms with E-state index in [2.05, 4.69) is 19.2 Å². The fraction of sp³-hybridized carbons (Fsp3) is 0.957. The highest BCUT2D eigenvalue weighted by Gasteiger charge is 2.22. The minimum Gasteiger partial charge on any atom is -0.466 e. The van der Waals surface area contributed by atoms with Crippen LogP contribution in [0.1, 0.15) is 215 Å². The van der Waals surface area contributed by atoms with Crippen molar-refractivity contribution in [2.45, 2.75) is 232 Å². The Kier molecular flexibility index (Phi) is 37.1. The molecule has 0 bridgehead atoms. The van der Waals surface area contributed by atoms with E-state index in [1.807, 2.05) is 27.7 Å². The molecule has 0 aromatic rings. The predicted octanol–water partition coefficient (Wildman–Crippen LogP) is 12.5. The molecule has 9 heteroatoms. The molecule has 0 rings (SSSR count). The Morgan fingerprint density at radius 3 is 1.47 bits per heavy atom. The Labute approximate surface area is 340 Å². The van der Waals surface area contributed by atoms with Gasteiger partial charge in [0.25, 0.3) is 0 Å². The molecule has 1 amide bonds. The number of hydrogen-bond acceptors (Lipinski definition) is 8. The van der Waals surface area contributed by atoms with Crippen LogP contribution < -0.4 is 5.32 Å². The van der Waals surface area contributed by atoms with Crippen molar-refractivity contribution in [1.29, 1.82) is 0 Å². The topological polar surface area (TPSA) is 102 Å². The zero-order valence-corrected chi connectivity index (χ0v) is 37.4. The number of ether oxygens (including phenoxy) is 6. The average molecular weight is 786 g/mol. The molecule has 1 N–H and O–H groups in total. The lowest BCUT2D eigenvalue weighted by Gasteiger charge is -2.28. The Hall–Kier alpha value is -1.42. The molecule has 328 valence electrons. The predicted molar refractivity (Wildman–Crippen MR) is 228 cm³/mol. The van der Waals surface area contributed by atoms with Crippen molar-refractivity contribution in [2.24, 2.45) is 0 Å². The smallest absolute Gasteiger partial charge is 0.407 e. The molecule has 0 unspecified atom stereocenters. The molecule has 0 spiro atoms. The second kappa shape index (κ2) is 38.1. The van der Waals surface area contributed by atoms with Crippen LogP contribution >= 0.6 is 0 Å². The molecule has 0 aliphatic heterocycles. The summed E-state index contributed by atoms with van der Waals surface area (Å²) in [6, 6.07) is 0. The lowest BCUT2D eigenvalue weighted by Crippen LogP contribution is -2.33. The van der Waals surface area contributed by atoms with Gasteiger partial charge in [-0.3, -0.25) is 4.79 Å². The van der Waals surface area contributed by atoms with Crippen LogP contribution in [0.2, 0.25) is 0 Å². The van der Waals surface area contributed by atoms with E-state index in [-0.39, 0.29) is 43.9 Å². The molecule has 0 saturated carbocycles. The number of unbranched alkanes of at least 4 members (excludes halogenated alkanes) is 22. The Morgan fingerprint density at radius 2 is 0.982 bits per heavy atom. The van der Waals surface area contributed by atoms with Gasteiger partial charge in [0.05, 0.1) is 37.4 Å². The fourth-order valence-electron chi connectivity index (χ4n) is 6.31. The van der Waals surface area contributed by atoms with Crippen LogP contribution in [0.15, 0.2) is 0 Å². The number of alkyl carbamates (subject to hydrolysis) is 1. The third kappa shape index (κ3) is 39.2. The highest BCUT2D eigenvalue weighted by molar-refractivity contribution is 5.71. The van der Waals surface area contributed by atoms with Crippen molar-refractivity contribution in [3.63, 3.8) is 0 Å². The summed E-state index contributed by atoms with van der Waals surface area (Å²) in [7, 11) is 1.70. The highest BCUT2D eigenvalue weighted by atomic mass is 16.6. The standard InChI is InChI=1S/C46H91NO8/c1-8-10-12-14-16-18-20-22-24-26-28-30-36-51-40-42(52-37-31-29-27-25-23-21-19-17-15-13-11-9-2)41-54-44(49)47-35-32-43(48)53-38-33-46(5,6)55-39-34-45(3,4)50-7/h42H,8-41H2,1-7H3,(H,47,49)/t42-/m0/s1. The van der Waals surface area contributed by atoms with Gasteiger partial charge in [-0.05, 0) is 47.0 Å². The molecular weight excluding hydrogens is 695 g/mol. The molecular formula is C46H91NO8. The number of amides is 1. The van der Waals surface area contributed by atoms with E-state index in [9.17, 15) is 9.59 Å². The van der Waals surface area contributed by atoms with E-state index in [1.54, 1.807) is 7.11 Å². The van der Waals surface area contributed by atoms with Gasteiger partial charge in [0.2, 0.25) is 0 Å². The molecule has 0 radical (unpaired) electrons. The van der Waals surface area contributed by atoms with Crippen LogP contribution in [0, 0.1) is 0 Å². The molecule has 9 nitrogen and oxygen atoms in total. The number of methoxy groups -OCH3 is 1. The van der Waals surface area contributed by atoms with Crippen molar-refractivity contribution >= 4 is 12.1 Å². The zero-order chi connectivity index (χ0) is 40.7. The summed E-state index contributed by atoms with van der Waals surface area (Å²) in [5.74, 6) is -0.369. The lowest BCUT2D eigenvalue weighted by atomic mass is 10.0. The molecule has 0 aromatic carbocycles. The van der Waals surface area contributed by atoms with Gasteiger partial charge in [0.15, 0.2) is 0 Å².